The van der Waals surface area contributed by atoms with Crippen molar-refractivity contribution in [1.82, 2.24) is 5.32 Å². The summed E-state index contributed by atoms with van der Waals surface area (Å²) in [6.45, 7) is 1.95. The lowest BCUT2D eigenvalue weighted by molar-refractivity contribution is -0.119. The van der Waals surface area contributed by atoms with Gasteiger partial charge in [-0.15, -0.1) is 0 Å². The lowest BCUT2D eigenvalue weighted by Gasteiger charge is -2.26. The van der Waals surface area contributed by atoms with Gasteiger partial charge in [-0.3, -0.25) is 9.10 Å². The Bertz CT molecular complexity index is 1370. The maximum absolute atomic E-state index is 13.8. The van der Waals surface area contributed by atoms with Crippen LogP contribution in [0.15, 0.2) is 65.6 Å². The summed E-state index contributed by atoms with van der Waals surface area (Å²) in [5.41, 5.74) is 2.55. The predicted molar refractivity (Wildman–Crippen MR) is 152 cm³/mol. The van der Waals surface area contributed by atoms with Crippen molar-refractivity contribution in [1.29, 1.82) is 0 Å². The first-order chi connectivity index (χ1) is 18.2. The van der Waals surface area contributed by atoms with E-state index in [0.717, 1.165) is 10.1 Å². The van der Waals surface area contributed by atoms with Crippen molar-refractivity contribution in [2.45, 2.75) is 17.6 Å². The van der Waals surface area contributed by atoms with Crippen molar-refractivity contribution >= 4 is 45.0 Å². The number of ether oxygens (including phenoxy) is 3. The van der Waals surface area contributed by atoms with Gasteiger partial charge in [0.05, 0.1) is 31.9 Å². The monoisotopic (exact) mass is 578 g/mol. The number of carbonyl (C=O) groups is 1. The summed E-state index contributed by atoms with van der Waals surface area (Å²) in [6.07, 6.45) is 0. The molecule has 0 bridgehead atoms. The van der Waals surface area contributed by atoms with E-state index in [2.05, 4.69) is 17.4 Å². The van der Waals surface area contributed by atoms with E-state index in [1.807, 2.05) is 19.1 Å². The number of anilines is 1. The smallest absolute Gasteiger partial charge is 0.265 e. The maximum Gasteiger partial charge on any atom is 0.265 e. The molecule has 204 valence electrons. The first kappa shape index (κ1) is 29.5. The molecule has 0 aliphatic heterocycles. The second-order valence-electron chi connectivity index (χ2n) is 8.24. The number of halogens is 1. The molecule has 3 aromatic carbocycles. The molecule has 0 aromatic heterocycles. The van der Waals surface area contributed by atoms with Gasteiger partial charge in [-0.05, 0) is 42.8 Å². The Labute approximate surface area is 233 Å². The molecule has 3 rings (SSSR count). The van der Waals surface area contributed by atoms with Gasteiger partial charge in [0.1, 0.15) is 12.3 Å². The SMILES string of the molecule is COc1ccc(S(=O)(=O)N(CC(=O)NCCSCc2cccc(C)c2)c2cc(Cl)ccc2OC)cc1OC. The number of hydrogen-bond donors (Lipinski definition) is 1. The average molecular weight is 579 g/mol. The molecule has 0 radical (unpaired) electrons. The number of aryl methyl sites for hydroxylation is 1. The number of hydrogen-bond acceptors (Lipinski definition) is 7. The second-order valence-corrected chi connectivity index (χ2v) is 11.6. The molecule has 0 unspecified atom stereocenters. The lowest BCUT2D eigenvalue weighted by atomic mass is 10.2. The number of sulfonamides is 1. The summed E-state index contributed by atoms with van der Waals surface area (Å²) in [7, 11) is 0.0479. The highest BCUT2D eigenvalue weighted by Gasteiger charge is 2.30. The van der Waals surface area contributed by atoms with E-state index >= 15 is 0 Å². The van der Waals surface area contributed by atoms with Gasteiger partial charge in [-0.25, -0.2) is 8.42 Å². The summed E-state index contributed by atoms with van der Waals surface area (Å²) in [6, 6.07) is 17.1. The zero-order chi connectivity index (χ0) is 27.7. The molecule has 8 nitrogen and oxygen atoms in total. The van der Waals surface area contributed by atoms with Crippen LogP contribution in [0.4, 0.5) is 5.69 Å². The zero-order valence-electron chi connectivity index (χ0n) is 21.7. The number of rotatable bonds is 13. The van der Waals surface area contributed by atoms with E-state index in [0.29, 0.717) is 23.1 Å². The lowest BCUT2D eigenvalue weighted by Crippen LogP contribution is -2.41. The molecule has 0 spiro atoms. The molecular weight excluding hydrogens is 548 g/mol. The molecule has 0 saturated heterocycles. The average Bonchev–Trinajstić information content (AvgIpc) is 2.91. The van der Waals surface area contributed by atoms with Crippen LogP contribution in [-0.2, 0) is 20.6 Å². The summed E-state index contributed by atoms with van der Waals surface area (Å²) >= 11 is 7.88. The van der Waals surface area contributed by atoms with E-state index in [4.69, 9.17) is 25.8 Å². The predicted octanol–water partition coefficient (Wildman–Crippen LogP) is 4.92. The van der Waals surface area contributed by atoms with Gasteiger partial charge < -0.3 is 19.5 Å². The van der Waals surface area contributed by atoms with Gasteiger partial charge in [0, 0.05) is 29.1 Å². The highest BCUT2D eigenvalue weighted by atomic mass is 35.5. The highest BCUT2D eigenvalue weighted by molar-refractivity contribution is 7.98. The van der Waals surface area contributed by atoms with E-state index in [1.165, 1.54) is 56.7 Å². The number of nitrogens with zero attached hydrogens (tertiary/aromatic N) is 1. The van der Waals surface area contributed by atoms with Crippen LogP contribution in [0, 0.1) is 6.92 Å². The van der Waals surface area contributed by atoms with Gasteiger partial charge in [0.2, 0.25) is 5.91 Å². The largest absolute Gasteiger partial charge is 0.495 e. The third-order valence-electron chi connectivity index (χ3n) is 5.56. The molecule has 0 fully saturated rings. The van der Waals surface area contributed by atoms with Gasteiger partial charge in [-0.1, -0.05) is 41.4 Å². The number of methoxy groups -OCH3 is 3. The summed E-state index contributed by atoms with van der Waals surface area (Å²) in [5.74, 6) is 1.88. The minimum atomic E-state index is -4.24. The van der Waals surface area contributed by atoms with Crippen molar-refractivity contribution in [3.63, 3.8) is 0 Å². The third kappa shape index (κ3) is 7.49. The minimum Gasteiger partial charge on any atom is -0.495 e. The van der Waals surface area contributed by atoms with Gasteiger partial charge >= 0.3 is 0 Å². The highest BCUT2D eigenvalue weighted by Crippen LogP contribution is 2.37. The van der Waals surface area contributed by atoms with Crippen LogP contribution in [-0.4, -0.2) is 54.5 Å². The maximum atomic E-state index is 13.8. The molecule has 1 N–H and O–H groups in total. The Kier molecular flexibility index (Phi) is 10.6. The van der Waals surface area contributed by atoms with E-state index in [9.17, 15) is 13.2 Å². The Morgan fingerprint density at radius 2 is 1.66 bits per heavy atom. The summed E-state index contributed by atoms with van der Waals surface area (Å²) < 4.78 is 44.5. The van der Waals surface area contributed by atoms with Crippen molar-refractivity contribution in [3.8, 4) is 17.2 Å². The fourth-order valence-electron chi connectivity index (χ4n) is 3.70. The van der Waals surface area contributed by atoms with Gasteiger partial charge in [0.25, 0.3) is 10.0 Å². The Balaban J connectivity index is 1.80. The molecule has 0 heterocycles. The summed E-state index contributed by atoms with van der Waals surface area (Å²) in [5, 5.41) is 3.11. The number of benzene rings is 3. The quantitative estimate of drug-likeness (QED) is 0.288. The van der Waals surface area contributed by atoms with Gasteiger partial charge in [0.15, 0.2) is 11.5 Å². The van der Waals surface area contributed by atoms with Crippen molar-refractivity contribution in [3.05, 3.63) is 76.8 Å². The van der Waals surface area contributed by atoms with Crippen LogP contribution in [0.2, 0.25) is 5.02 Å². The molecule has 38 heavy (non-hydrogen) atoms. The van der Waals surface area contributed by atoms with E-state index < -0.39 is 22.5 Å². The fraction of sp³-hybridized carbons (Fsp3) is 0.296. The van der Waals surface area contributed by atoms with Crippen LogP contribution < -0.4 is 23.8 Å². The molecule has 1 amide bonds. The standard InChI is InChI=1S/C27H31ClN2O6S2/c1-19-6-5-7-20(14-19)18-37-13-12-29-27(31)17-30(23-15-21(28)8-10-24(23)34-2)38(32,33)22-9-11-25(35-3)26(16-22)36-4/h5-11,14-16H,12-13,17-18H2,1-4H3,(H,29,31). The summed E-state index contributed by atoms with van der Waals surface area (Å²) in [4.78, 5) is 12.9. The second kappa shape index (κ2) is 13.6. The van der Waals surface area contributed by atoms with Crippen LogP contribution in [0.1, 0.15) is 11.1 Å². The van der Waals surface area contributed by atoms with Crippen molar-refractivity contribution in [2.24, 2.45) is 0 Å². The molecular formula is C27H31ClN2O6S2. The number of carbonyl (C=O) groups excluding carboxylic acids is 1. The van der Waals surface area contributed by atoms with Crippen LogP contribution in [0.3, 0.4) is 0 Å². The molecule has 3 aromatic rings. The van der Waals surface area contributed by atoms with Crippen LogP contribution in [0.25, 0.3) is 0 Å². The Hall–Kier alpha value is -3.08. The van der Waals surface area contributed by atoms with Crippen molar-refractivity contribution in [2.75, 3.05) is 44.5 Å². The topological polar surface area (TPSA) is 94.2 Å². The third-order valence-corrected chi connectivity index (χ3v) is 8.58. The fourth-order valence-corrected chi connectivity index (χ4v) is 6.11. The first-order valence-corrected chi connectivity index (χ1v) is 14.6. The van der Waals surface area contributed by atoms with Crippen molar-refractivity contribution < 1.29 is 27.4 Å². The molecule has 0 saturated carbocycles. The number of thioether (sulfide) groups is 1. The molecule has 0 aliphatic carbocycles. The Morgan fingerprint density at radius 1 is 0.947 bits per heavy atom. The molecule has 11 heteroatoms. The zero-order valence-corrected chi connectivity index (χ0v) is 24.1. The van der Waals surface area contributed by atoms with Crippen LogP contribution in [0.5, 0.6) is 17.2 Å². The molecule has 0 aliphatic rings. The first-order valence-electron chi connectivity index (χ1n) is 11.7. The number of amides is 1. The van der Waals surface area contributed by atoms with E-state index in [1.54, 1.807) is 23.9 Å². The molecule has 0 atom stereocenters. The Morgan fingerprint density at radius 3 is 2.34 bits per heavy atom. The van der Waals surface area contributed by atoms with Crippen LogP contribution >= 0.6 is 23.4 Å². The normalized spacial score (nSPS) is 11.1. The minimum absolute atomic E-state index is 0.0845. The van der Waals surface area contributed by atoms with E-state index in [-0.39, 0.29) is 22.1 Å². The number of nitrogens with one attached hydrogen (secondary N) is 1. The van der Waals surface area contributed by atoms with Gasteiger partial charge in [-0.2, -0.15) is 11.8 Å².